The molecule has 1 aliphatic heterocycles. The van der Waals surface area contributed by atoms with Crippen LogP contribution in [0.1, 0.15) is 54.0 Å². The molecule has 0 spiro atoms. The lowest BCUT2D eigenvalue weighted by molar-refractivity contribution is 0.102. The molecule has 144 valence electrons. The predicted octanol–water partition coefficient (Wildman–Crippen LogP) is 3.75. The van der Waals surface area contributed by atoms with Gasteiger partial charge in [-0.15, -0.1) is 0 Å². The number of para-hydroxylation sites is 1. The number of rotatable bonds is 7. The Morgan fingerprint density at radius 1 is 1.22 bits per heavy atom. The number of anilines is 2. The molecule has 1 amide bonds. The number of carbonyl (C=O) groups excluding carboxylic acids is 1. The van der Waals surface area contributed by atoms with Gasteiger partial charge in [-0.3, -0.25) is 4.79 Å². The van der Waals surface area contributed by atoms with E-state index in [1.54, 1.807) is 6.07 Å². The van der Waals surface area contributed by atoms with Crippen molar-refractivity contribution >= 4 is 17.5 Å². The van der Waals surface area contributed by atoms with E-state index >= 15 is 0 Å². The first-order chi connectivity index (χ1) is 13.1. The molecule has 27 heavy (non-hydrogen) atoms. The van der Waals surface area contributed by atoms with Crippen LogP contribution < -0.4 is 10.6 Å². The molecule has 1 aromatic heterocycles. The highest BCUT2D eigenvalue weighted by Gasteiger charge is 2.17. The lowest BCUT2D eigenvalue weighted by Gasteiger charge is -2.15. The van der Waals surface area contributed by atoms with Gasteiger partial charge in [-0.2, -0.15) is 0 Å². The minimum atomic E-state index is -0.212. The lowest BCUT2D eigenvalue weighted by Crippen LogP contribution is -2.22. The molecule has 3 rings (SSSR count). The predicted molar refractivity (Wildman–Crippen MR) is 107 cm³/mol. The van der Waals surface area contributed by atoms with Crippen LogP contribution in [0.25, 0.3) is 0 Å². The molecule has 6 heteroatoms. The average Bonchev–Trinajstić information content (AvgIpc) is 3.19. The van der Waals surface area contributed by atoms with Gasteiger partial charge < -0.3 is 15.4 Å². The molecule has 6 nitrogen and oxygen atoms in total. The highest BCUT2D eigenvalue weighted by atomic mass is 16.5. The van der Waals surface area contributed by atoms with Crippen LogP contribution in [0.5, 0.6) is 0 Å². The highest BCUT2D eigenvalue weighted by molar-refractivity contribution is 6.04. The maximum absolute atomic E-state index is 12.9. The zero-order valence-electron chi connectivity index (χ0n) is 16.3. The van der Waals surface area contributed by atoms with Gasteiger partial charge in [-0.1, -0.05) is 32.0 Å². The summed E-state index contributed by atoms with van der Waals surface area (Å²) in [7, 11) is 0. The van der Waals surface area contributed by atoms with Gasteiger partial charge in [0.25, 0.3) is 5.91 Å². The van der Waals surface area contributed by atoms with E-state index in [0.717, 1.165) is 54.8 Å². The summed E-state index contributed by atoms with van der Waals surface area (Å²) >= 11 is 0. The molecule has 2 heterocycles. The van der Waals surface area contributed by atoms with Gasteiger partial charge in [0.1, 0.15) is 5.69 Å². The SMILES string of the molecule is CCc1cccc(CC)c1NC(=O)c1cc(C)nc(NCC2CCCO2)n1. The van der Waals surface area contributed by atoms with E-state index in [-0.39, 0.29) is 12.0 Å². The van der Waals surface area contributed by atoms with E-state index in [1.807, 2.05) is 13.0 Å². The molecule has 1 aliphatic rings. The monoisotopic (exact) mass is 368 g/mol. The number of nitrogens with zero attached hydrogens (tertiary/aromatic N) is 2. The van der Waals surface area contributed by atoms with Crippen molar-refractivity contribution in [1.29, 1.82) is 0 Å². The van der Waals surface area contributed by atoms with E-state index < -0.39 is 0 Å². The zero-order valence-corrected chi connectivity index (χ0v) is 16.3. The molecule has 0 bridgehead atoms. The van der Waals surface area contributed by atoms with E-state index in [2.05, 4.69) is 46.6 Å². The normalized spacial score (nSPS) is 16.3. The van der Waals surface area contributed by atoms with E-state index in [4.69, 9.17) is 4.74 Å². The quantitative estimate of drug-likeness (QED) is 0.778. The average molecular weight is 368 g/mol. The van der Waals surface area contributed by atoms with Crippen molar-refractivity contribution in [2.75, 3.05) is 23.8 Å². The number of ether oxygens (including phenoxy) is 1. The number of aryl methyl sites for hydroxylation is 3. The minimum absolute atomic E-state index is 0.190. The lowest BCUT2D eigenvalue weighted by atomic mass is 10.0. The van der Waals surface area contributed by atoms with Crippen LogP contribution >= 0.6 is 0 Å². The third kappa shape index (κ3) is 4.83. The Bertz CT molecular complexity index is 779. The van der Waals surface area contributed by atoms with Crippen molar-refractivity contribution in [2.24, 2.45) is 0 Å². The highest BCUT2D eigenvalue weighted by Crippen LogP contribution is 2.23. The number of benzene rings is 1. The zero-order chi connectivity index (χ0) is 19.2. The third-order valence-electron chi connectivity index (χ3n) is 4.84. The standard InChI is InChI=1S/C21H28N4O2/c1-4-15-8-6-9-16(5-2)19(15)25-20(26)18-12-14(3)23-21(24-18)22-13-17-10-7-11-27-17/h6,8-9,12,17H,4-5,7,10-11,13H2,1-3H3,(H,25,26)(H,22,23,24). The summed E-state index contributed by atoms with van der Waals surface area (Å²) in [6, 6.07) is 7.85. The Morgan fingerprint density at radius 3 is 2.59 bits per heavy atom. The van der Waals surface area contributed by atoms with Crippen LogP contribution in [0.2, 0.25) is 0 Å². The molecular formula is C21H28N4O2. The molecule has 2 aromatic rings. The van der Waals surface area contributed by atoms with Gasteiger partial charge in [0.05, 0.1) is 6.10 Å². The van der Waals surface area contributed by atoms with E-state index in [1.165, 1.54) is 0 Å². The molecule has 0 aliphatic carbocycles. The first kappa shape index (κ1) is 19.3. The Labute approximate surface area is 160 Å². The fraction of sp³-hybridized carbons (Fsp3) is 0.476. The maximum atomic E-state index is 12.9. The number of hydrogen-bond donors (Lipinski definition) is 2. The first-order valence-electron chi connectivity index (χ1n) is 9.74. The smallest absolute Gasteiger partial charge is 0.274 e. The van der Waals surface area contributed by atoms with Crippen molar-refractivity contribution in [3.05, 3.63) is 46.8 Å². The third-order valence-corrected chi connectivity index (χ3v) is 4.84. The Morgan fingerprint density at radius 2 is 1.96 bits per heavy atom. The summed E-state index contributed by atoms with van der Waals surface area (Å²) < 4.78 is 5.62. The molecule has 1 fully saturated rings. The summed E-state index contributed by atoms with van der Waals surface area (Å²) in [5, 5.41) is 6.27. The van der Waals surface area contributed by atoms with Gasteiger partial charge >= 0.3 is 0 Å². The number of carbonyl (C=O) groups is 1. The van der Waals surface area contributed by atoms with Crippen molar-refractivity contribution in [1.82, 2.24) is 9.97 Å². The Kier molecular flexibility index (Phi) is 6.40. The van der Waals surface area contributed by atoms with Crippen LogP contribution in [0.15, 0.2) is 24.3 Å². The van der Waals surface area contributed by atoms with Crippen LogP contribution in [0, 0.1) is 6.92 Å². The summed E-state index contributed by atoms with van der Waals surface area (Å²) in [5.41, 5.74) is 4.28. The Hall–Kier alpha value is -2.47. The largest absolute Gasteiger partial charge is 0.376 e. The van der Waals surface area contributed by atoms with Gasteiger partial charge in [0.2, 0.25) is 5.95 Å². The number of aromatic nitrogens is 2. The topological polar surface area (TPSA) is 76.1 Å². The summed E-state index contributed by atoms with van der Waals surface area (Å²) in [6.45, 7) is 7.51. The van der Waals surface area contributed by atoms with Gasteiger partial charge in [0.15, 0.2) is 0 Å². The molecule has 1 atom stereocenters. The van der Waals surface area contributed by atoms with E-state index in [0.29, 0.717) is 18.2 Å². The maximum Gasteiger partial charge on any atom is 0.274 e. The fourth-order valence-electron chi connectivity index (χ4n) is 3.36. The van der Waals surface area contributed by atoms with Crippen molar-refractivity contribution in [3.63, 3.8) is 0 Å². The van der Waals surface area contributed by atoms with Crippen molar-refractivity contribution in [3.8, 4) is 0 Å². The van der Waals surface area contributed by atoms with Crippen LogP contribution in [-0.4, -0.2) is 35.1 Å². The Balaban J connectivity index is 1.76. The minimum Gasteiger partial charge on any atom is -0.376 e. The second-order valence-corrected chi connectivity index (χ2v) is 6.85. The first-order valence-corrected chi connectivity index (χ1v) is 9.74. The molecule has 1 saturated heterocycles. The van der Waals surface area contributed by atoms with Crippen LogP contribution in [0.3, 0.4) is 0 Å². The second-order valence-electron chi connectivity index (χ2n) is 6.85. The van der Waals surface area contributed by atoms with Crippen LogP contribution in [0.4, 0.5) is 11.6 Å². The molecule has 0 saturated carbocycles. The van der Waals surface area contributed by atoms with Crippen LogP contribution in [-0.2, 0) is 17.6 Å². The van der Waals surface area contributed by atoms with Gasteiger partial charge in [-0.25, -0.2) is 9.97 Å². The number of hydrogen-bond acceptors (Lipinski definition) is 5. The summed E-state index contributed by atoms with van der Waals surface area (Å²) in [6.07, 6.45) is 4.04. The van der Waals surface area contributed by atoms with Gasteiger partial charge in [0, 0.05) is 24.5 Å². The van der Waals surface area contributed by atoms with Crippen molar-refractivity contribution < 1.29 is 9.53 Å². The number of amides is 1. The molecule has 1 aromatic carbocycles. The molecular weight excluding hydrogens is 340 g/mol. The van der Waals surface area contributed by atoms with Gasteiger partial charge in [-0.05, 0) is 49.8 Å². The van der Waals surface area contributed by atoms with Crippen molar-refractivity contribution in [2.45, 2.75) is 52.6 Å². The summed E-state index contributed by atoms with van der Waals surface area (Å²) in [4.78, 5) is 21.7. The number of nitrogens with one attached hydrogen (secondary N) is 2. The van der Waals surface area contributed by atoms with E-state index in [9.17, 15) is 4.79 Å². The summed E-state index contributed by atoms with van der Waals surface area (Å²) in [5.74, 6) is 0.256. The second kappa shape index (κ2) is 8.95. The fourth-order valence-corrected chi connectivity index (χ4v) is 3.36. The molecule has 2 N–H and O–H groups in total. The molecule has 0 radical (unpaired) electrons. The molecule has 1 unspecified atom stereocenters.